The highest BCUT2D eigenvalue weighted by Gasteiger charge is 2.20. The van der Waals surface area contributed by atoms with E-state index in [9.17, 15) is 18.0 Å². The third-order valence-electron chi connectivity index (χ3n) is 3.35. The topological polar surface area (TPSA) is 83.5 Å². The molecule has 1 aromatic carbocycles. The van der Waals surface area contributed by atoms with E-state index < -0.39 is 21.5 Å². The van der Waals surface area contributed by atoms with Crippen LogP contribution in [0.2, 0.25) is 0 Å². The van der Waals surface area contributed by atoms with Crippen molar-refractivity contribution in [2.24, 2.45) is 0 Å². The monoisotopic (exact) mass is 340 g/mol. The van der Waals surface area contributed by atoms with E-state index >= 15 is 0 Å². The zero-order valence-electron chi connectivity index (χ0n) is 13.8. The van der Waals surface area contributed by atoms with Crippen LogP contribution in [-0.4, -0.2) is 49.7 Å². The van der Waals surface area contributed by atoms with Crippen LogP contribution in [0.4, 0.5) is 5.69 Å². The molecule has 128 valence electrons. The van der Waals surface area contributed by atoms with Gasteiger partial charge in [0, 0.05) is 13.1 Å². The Kier molecular flexibility index (Phi) is 7.22. The average Bonchev–Trinajstić information content (AvgIpc) is 2.48. The van der Waals surface area contributed by atoms with Crippen molar-refractivity contribution in [3.05, 3.63) is 29.8 Å². The number of rotatable bonds is 8. The normalized spacial score (nSPS) is 11.1. The smallest absolute Gasteiger partial charge is 0.255 e. The molecule has 1 aromatic rings. The molecular formula is C16H24N2O4S. The molecule has 0 unspecified atom stereocenters. The van der Waals surface area contributed by atoms with Gasteiger partial charge in [0.1, 0.15) is 5.75 Å². The summed E-state index contributed by atoms with van der Waals surface area (Å²) < 4.78 is 23.4. The van der Waals surface area contributed by atoms with Crippen molar-refractivity contribution in [3.8, 4) is 0 Å². The highest BCUT2D eigenvalue weighted by atomic mass is 32.2. The second kappa shape index (κ2) is 8.67. The minimum atomic E-state index is -3.42. The van der Waals surface area contributed by atoms with Crippen molar-refractivity contribution in [1.29, 1.82) is 0 Å². The first-order valence-corrected chi connectivity index (χ1v) is 9.55. The van der Waals surface area contributed by atoms with E-state index in [1.807, 2.05) is 13.8 Å². The van der Waals surface area contributed by atoms with Crippen LogP contribution in [-0.2, 0) is 14.6 Å². The highest BCUT2D eigenvalue weighted by Crippen LogP contribution is 2.17. The Bertz CT molecular complexity index is 652. The Morgan fingerprint density at radius 3 is 2.26 bits per heavy atom. The number of sulfone groups is 1. The number of carbonyl (C=O) groups is 2. The summed E-state index contributed by atoms with van der Waals surface area (Å²) in [6, 6.07) is 6.62. The first-order chi connectivity index (χ1) is 10.8. The lowest BCUT2D eigenvalue weighted by Gasteiger charge is -2.20. The van der Waals surface area contributed by atoms with Gasteiger partial charge in [-0.2, -0.15) is 0 Å². The Morgan fingerprint density at radius 2 is 1.70 bits per heavy atom. The van der Waals surface area contributed by atoms with E-state index in [2.05, 4.69) is 5.32 Å². The largest absolute Gasteiger partial charge is 0.339 e. The summed E-state index contributed by atoms with van der Waals surface area (Å²) >= 11 is 0. The molecule has 2 amide bonds. The minimum absolute atomic E-state index is 0.0273. The number of anilines is 1. The zero-order valence-corrected chi connectivity index (χ0v) is 14.6. The minimum Gasteiger partial charge on any atom is -0.339 e. The van der Waals surface area contributed by atoms with E-state index in [1.165, 1.54) is 0 Å². The van der Waals surface area contributed by atoms with Gasteiger partial charge in [0.15, 0.2) is 9.84 Å². The molecule has 0 spiro atoms. The third kappa shape index (κ3) is 5.67. The molecule has 0 radical (unpaired) electrons. The predicted octanol–water partition coefficient (Wildman–Crippen LogP) is 1.93. The van der Waals surface area contributed by atoms with Gasteiger partial charge in [-0.05, 0) is 32.4 Å². The molecule has 23 heavy (non-hydrogen) atoms. The molecule has 0 fully saturated rings. The number of benzene rings is 1. The van der Waals surface area contributed by atoms with Crippen molar-refractivity contribution in [3.63, 3.8) is 0 Å². The summed E-state index contributed by atoms with van der Waals surface area (Å²) in [7, 11) is -3.42. The molecule has 0 atom stereocenters. The summed E-state index contributed by atoms with van der Waals surface area (Å²) in [5, 5.41) is 2.54. The molecule has 0 bridgehead atoms. The van der Waals surface area contributed by atoms with Gasteiger partial charge < -0.3 is 10.2 Å². The number of amides is 2. The number of hydrogen-bond donors (Lipinski definition) is 1. The molecule has 0 heterocycles. The first-order valence-electron chi connectivity index (χ1n) is 7.73. The summed E-state index contributed by atoms with van der Waals surface area (Å²) in [6.45, 7) is 6.61. The Morgan fingerprint density at radius 1 is 1.09 bits per heavy atom. The molecule has 0 aliphatic carbocycles. The lowest BCUT2D eigenvalue weighted by Crippen LogP contribution is -2.32. The van der Waals surface area contributed by atoms with E-state index in [-0.39, 0.29) is 11.7 Å². The van der Waals surface area contributed by atoms with Crippen molar-refractivity contribution in [2.45, 2.75) is 27.2 Å². The van der Waals surface area contributed by atoms with Gasteiger partial charge in [0.05, 0.1) is 17.0 Å². The van der Waals surface area contributed by atoms with Crippen LogP contribution in [0.15, 0.2) is 24.3 Å². The van der Waals surface area contributed by atoms with Gasteiger partial charge in [-0.3, -0.25) is 9.59 Å². The molecule has 6 nitrogen and oxygen atoms in total. The Hall–Kier alpha value is -1.89. The van der Waals surface area contributed by atoms with Gasteiger partial charge in [-0.15, -0.1) is 0 Å². The third-order valence-corrected chi connectivity index (χ3v) is 5.08. The first kappa shape index (κ1) is 19.2. The lowest BCUT2D eigenvalue weighted by molar-refractivity contribution is -0.113. The van der Waals surface area contributed by atoms with Crippen LogP contribution < -0.4 is 5.32 Å². The van der Waals surface area contributed by atoms with Gasteiger partial charge in [0.25, 0.3) is 5.91 Å². The quantitative estimate of drug-likeness (QED) is 0.784. The Labute approximate surface area is 137 Å². The molecular weight excluding hydrogens is 316 g/mol. The summed E-state index contributed by atoms with van der Waals surface area (Å²) in [6.07, 6.45) is 0.465. The molecule has 0 aliphatic heterocycles. The SMILES string of the molecule is CCCS(=O)(=O)CC(=O)Nc1ccccc1C(=O)N(CC)CC. The van der Waals surface area contributed by atoms with Crippen LogP contribution in [0.5, 0.6) is 0 Å². The number of nitrogens with zero attached hydrogens (tertiary/aromatic N) is 1. The molecule has 0 saturated carbocycles. The average molecular weight is 340 g/mol. The molecule has 0 aliphatic rings. The van der Waals surface area contributed by atoms with Crippen LogP contribution in [0.25, 0.3) is 0 Å². The van der Waals surface area contributed by atoms with E-state index in [1.54, 1.807) is 36.1 Å². The van der Waals surface area contributed by atoms with Crippen molar-refractivity contribution in [2.75, 3.05) is 29.9 Å². The number of para-hydroxylation sites is 1. The second-order valence-corrected chi connectivity index (χ2v) is 7.35. The van der Waals surface area contributed by atoms with Crippen LogP contribution >= 0.6 is 0 Å². The summed E-state index contributed by atoms with van der Waals surface area (Å²) in [4.78, 5) is 26.1. The fraction of sp³-hybridized carbons (Fsp3) is 0.500. The van der Waals surface area contributed by atoms with Crippen molar-refractivity contribution in [1.82, 2.24) is 4.90 Å². The van der Waals surface area contributed by atoms with E-state index in [4.69, 9.17) is 0 Å². The maximum atomic E-state index is 12.5. The molecule has 1 rings (SSSR count). The van der Waals surface area contributed by atoms with E-state index in [0.717, 1.165) is 0 Å². The fourth-order valence-corrected chi connectivity index (χ4v) is 3.47. The standard InChI is InChI=1S/C16H24N2O4S/c1-4-11-23(21,22)12-15(19)17-14-10-8-7-9-13(14)16(20)18(5-2)6-3/h7-10H,4-6,11-12H2,1-3H3,(H,17,19). The predicted molar refractivity (Wildman–Crippen MR) is 91.3 cm³/mol. The molecule has 0 saturated heterocycles. The molecule has 0 aromatic heterocycles. The number of nitrogens with one attached hydrogen (secondary N) is 1. The zero-order chi connectivity index (χ0) is 17.5. The van der Waals surface area contributed by atoms with Crippen LogP contribution in [0, 0.1) is 0 Å². The van der Waals surface area contributed by atoms with Crippen LogP contribution in [0.1, 0.15) is 37.6 Å². The summed E-state index contributed by atoms with van der Waals surface area (Å²) in [5.41, 5.74) is 0.693. The second-order valence-electron chi connectivity index (χ2n) is 5.16. The van der Waals surface area contributed by atoms with E-state index in [0.29, 0.717) is 30.8 Å². The van der Waals surface area contributed by atoms with Crippen molar-refractivity contribution >= 4 is 27.3 Å². The number of carbonyl (C=O) groups excluding carboxylic acids is 2. The number of hydrogen-bond acceptors (Lipinski definition) is 4. The van der Waals surface area contributed by atoms with Gasteiger partial charge >= 0.3 is 0 Å². The highest BCUT2D eigenvalue weighted by molar-refractivity contribution is 7.92. The van der Waals surface area contributed by atoms with Gasteiger partial charge in [0.2, 0.25) is 5.91 Å². The Balaban J connectivity index is 2.94. The maximum Gasteiger partial charge on any atom is 0.255 e. The van der Waals surface area contributed by atoms with Gasteiger partial charge in [-0.25, -0.2) is 8.42 Å². The maximum absolute atomic E-state index is 12.5. The van der Waals surface area contributed by atoms with Gasteiger partial charge in [-0.1, -0.05) is 19.1 Å². The van der Waals surface area contributed by atoms with Crippen molar-refractivity contribution < 1.29 is 18.0 Å². The molecule has 1 N–H and O–H groups in total. The van der Waals surface area contributed by atoms with Crippen LogP contribution in [0.3, 0.4) is 0 Å². The lowest BCUT2D eigenvalue weighted by atomic mass is 10.1. The summed E-state index contributed by atoms with van der Waals surface area (Å²) in [5.74, 6) is -1.42. The molecule has 7 heteroatoms. The fourth-order valence-electron chi connectivity index (χ4n) is 2.23.